The second-order valence-corrected chi connectivity index (χ2v) is 10.9. The third-order valence-electron chi connectivity index (χ3n) is 7.80. The zero-order valence-electron chi connectivity index (χ0n) is 23.9. The molecule has 0 saturated carbocycles. The summed E-state index contributed by atoms with van der Waals surface area (Å²) >= 11 is 5.83. The Kier molecular flexibility index (Phi) is 9.09. The van der Waals surface area contributed by atoms with Gasteiger partial charge in [0.05, 0.1) is 47.7 Å². The molecule has 5 aromatic rings. The molecule has 0 bridgehead atoms. The Labute approximate surface area is 253 Å². The van der Waals surface area contributed by atoms with Gasteiger partial charge in [0.1, 0.15) is 18.2 Å². The van der Waals surface area contributed by atoms with Crippen molar-refractivity contribution in [3.8, 4) is 5.88 Å². The van der Waals surface area contributed by atoms with Gasteiger partial charge in [-0.3, -0.25) is 9.58 Å². The molecule has 0 unspecified atom stereocenters. The number of nitrogens with zero attached hydrogens (tertiary/aromatic N) is 7. The van der Waals surface area contributed by atoms with Gasteiger partial charge < -0.3 is 25.1 Å². The molecule has 1 fully saturated rings. The van der Waals surface area contributed by atoms with E-state index in [0.29, 0.717) is 29.6 Å². The predicted octanol–water partition coefficient (Wildman–Crippen LogP) is 5.57. The van der Waals surface area contributed by atoms with Gasteiger partial charge in [0.15, 0.2) is 0 Å². The first-order chi connectivity index (χ1) is 20.4. The Balaban J connectivity index is 0.00000368. The number of aromatic carboxylic acids is 1. The third kappa shape index (κ3) is 6.56. The van der Waals surface area contributed by atoms with Gasteiger partial charge in [0.25, 0.3) is 0 Å². The van der Waals surface area contributed by atoms with Gasteiger partial charge in [-0.2, -0.15) is 0 Å². The van der Waals surface area contributed by atoms with E-state index in [0.717, 1.165) is 55.0 Å². The number of ether oxygens (including phenoxy) is 1. The minimum atomic E-state index is -0.962. The van der Waals surface area contributed by atoms with Crippen LogP contribution in [-0.2, 0) is 26.2 Å². The molecule has 0 aliphatic carbocycles. The van der Waals surface area contributed by atoms with E-state index in [1.807, 2.05) is 23.4 Å². The minimum Gasteiger partial charge on any atom is -0.478 e. The highest BCUT2D eigenvalue weighted by Gasteiger charge is 2.24. The number of aromatic nitrogens is 6. The predicted molar refractivity (Wildman–Crippen MR) is 160 cm³/mol. The summed E-state index contributed by atoms with van der Waals surface area (Å²) in [6.45, 7) is 5.84. The van der Waals surface area contributed by atoms with Crippen molar-refractivity contribution in [1.29, 1.82) is 0 Å². The number of likely N-dealkylation sites (tertiary alicyclic amines) is 1. The first kappa shape index (κ1) is 30.2. The third-order valence-corrected chi connectivity index (χ3v) is 8.04. The number of fused-ring (bicyclic) bond motifs is 1. The largest absolute Gasteiger partial charge is 0.478 e. The molecule has 1 aliphatic rings. The summed E-state index contributed by atoms with van der Waals surface area (Å²) in [5, 5.41) is 14.5. The number of piperidine rings is 1. The van der Waals surface area contributed by atoms with Crippen molar-refractivity contribution in [2.24, 2.45) is 0 Å². The SMILES string of the molecule is CCn1cncc1Cn1c(CN2CCC(n3ccc(OCc4ccc(Cl)cc4F)n3)CC2)nc2ccc(C(=O)O)cc21.N. The lowest BCUT2D eigenvalue weighted by Gasteiger charge is -2.31. The molecule has 2 aromatic carbocycles. The van der Waals surface area contributed by atoms with E-state index in [1.54, 1.807) is 36.4 Å². The Morgan fingerprint density at radius 1 is 1.14 bits per heavy atom. The molecular formula is C30H34ClFN8O3. The fourth-order valence-corrected chi connectivity index (χ4v) is 5.62. The summed E-state index contributed by atoms with van der Waals surface area (Å²) in [5.41, 5.74) is 3.27. The van der Waals surface area contributed by atoms with Gasteiger partial charge >= 0.3 is 5.97 Å². The van der Waals surface area contributed by atoms with Crippen LogP contribution < -0.4 is 10.9 Å². The van der Waals surface area contributed by atoms with Crippen LogP contribution in [0.25, 0.3) is 11.0 Å². The first-order valence-electron chi connectivity index (χ1n) is 13.9. The van der Waals surface area contributed by atoms with Gasteiger partial charge in [-0.15, -0.1) is 5.10 Å². The summed E-state index contributed by atoms with van der Waals surface area (Å²) < 4.78 is 25.9. The average Bonchev–Trinajstić information content (AvgIpc) is 3.72. The Bertz CT molecular complexity index is 1720. The number of hydrogen-bond acceptors (Lipinski definition) is 7. The lowest BCUT2D eigenvalue weighted by atomic mass is 10.1. The Hall–Kier alpha value is -4.26. The topological polar surface area (TPSA) is 138 Å². The van der Waals surface area contributed by atoms with Crippen molar-refractivity contribution < 1.29 is 19.0 Å². The Morgan fingerprint density at radius 2 is 1.95 bits per heavy atom. The summed E-state index contributed by atoms with van der Waals surface area (Å²) in [5.74, 6) is -0.0241. The number of carboxylic acid groups (broad SMARTS) is 1. The quantitative estimate of drug-likeness (QED) is 0.210. The molecule has 1 saturated heterocycles. The molecule has 0 atom stereocenters. The van der Waals surface area contributed by atoms with Crippen molar-refractivity contribution >= 4 is 28.6 Å². The fraction of sp³-hybridized carbons (Fsp3) is 0.333. The van der Waals surface area contributed by atoms with Crippen LogP contribution in [0.4, 0.5) is 4.39 Å². The monoisotopic (exact) mass is 608 g/mol. The molecule has 6 rings (SSSR count). The summed E-state index contributed by atoms with van der Waals surface area (Å²) in [7, 11) is 0. The van der Waals surface area contributed by atoms with Crippen LogP contribution in [-0.4, -0.2) is 57.9 Å². The standard InChI is InChI=1S/C30H31ClFN7O3.H3N/c1-2-37-19-33-15-24(37)16-38-27-13-20(30(40)41)4-6-26(27)34-28(38)17-36-10-7-23(8-11-36)39-12-9-29(35-39)42-18-21-3-5-22(31)14-25(21)32;/h3-6,9,12-15,19,23H,2,7-8,10-11,16-18H2,1H3,(H,40,41);1H3. The summed E-state index contributed by atoms with van der Waals surface area (Å²) in [6, 6.07) is 11.6. The van der Waals surface area contributed by atoms with Crippen LogP contribution in [0.3, 0.4) is 0 Å². The molecule has 0 radical (unpaired) electrons. The molecule has 0 spiro atoms. The molecule has 3 aromatic heterocycles. The highest BCUT2D eigenvalue weighted by atomic mass is 35.5. The zero-order chi connectivity index (χ0) is 29.2. The van der Waals surface area contributed by atoms with Gasteiger partial charge in [0, 0.05) is 48.7 Å². The van der Waals surface area contributed by atoms with Crippen LogP contribution in [0.15, 0.2) is 61.2 Å². The number of carboxylic acids is 1. The zero-order valence-corrected chi connectivity index (χ0v) is 24.6. The van der Waals surface area contributed by atoms with Crippen molar-refractivity contribution in [2.75, 3.05) is 13.1 Å². The van der Waals surface area contributed by atoms with Crippen LogP contribution >= 0.6 is 11.6 Å². The van der Waals surface area contributed by atoms with Crippen molar-refractivity contribution in [3.05, 3.63) is 94.7 Å². The van der Waals surface area contributed by atoms with Gasteiger partial charge in [0.2, 0.25) is 5.88 Å². The Morgan fingerprint density at radius 3 is 2.70 bits per heavy atom. The molecule has 4 N–H and O–H groups in total. The van der Waals surface area contributed by atoms with Crippen molar-refractivity contribution in [1.82, 2.24) is 39.9 Å². The van der Waals surface area contributed by atoms with E-state index in [-0.39, 0.29) is 24.4 Å². The number of carbonyl (C=O) groups is 1. The van der Waals surface area contributed by atoms with Gasteiger partial charge in [-0.05, 0) is 50.1 Å². The molecule has 13 heteroatoms. The molecule has 43 heavy (non-hydrogen) atoms. The van der Waals surface area contributed by atoms with E-state index >= 15 is 0 Å². The van der Waals surface area contributed by atoms with Gasteiger partial charge in [-0.25, -0.2) is 19.2 Å². The maximum atomic E-state index is 14.1. The maximum absolute atomic E-state index is 14.1. The number of imidazole rings is 2. The second-order valence-electron chi connectivity index (χ2n) is 10.5. The van der Waals surface area contributed by atoms with E-state index in [1.165, 1.54) is 6.07 Å². The van der Waals surface area contributed by atoms with Crippen LogP contribution in [0.5, 0.6) is 5.88 Å². The molecule has 226 valence electrons. The van der Waals surface area contributed by atoms with Gasteiger partial charge in [-0.1, -0.05) is 17.7 Å². The molecule has 11 nitrogen and oxygen atoms in total. The number of aryl methyl sites for hydroxylation is 1. The first-order valence-corrected chi connectivity index (χ1v) is 14.3. The fourth-order valence-electron chi connectivity index (χ4n) is 5.46. The van der Waals surface area contributed by atoms with E-state index in [2.05, 4.69) is 31.0 Å². The molecule has 4 heterocycles. The lowest BCUT2D eigenvalue weighted by molar-refractivity contribution is 0.0697. The molecule has 1 aliphatic heterocycles. The number of rotatable bonds is 10. The molecular weight excluding hydrogens is 575 g/mol. The molecule has 0 amide bonds. The average molecular weight is 609 g/mol. The number of halogens is 2. The minimum absolute atomic E-state index is 0. The normalized spacial score (nSPS) is 14.2. The van der Waals surface area contributed by atoms with Crippen LogP contribution in [0, 0.1) is 5.82 Å². The van der Waals surface area contributed by atoms with Crippen molar-refractivity contribution in [2.45, 2.75) is 52.0 Å². The van der Waals surface area contributed by atoms with E-state index in [4.69, 9.17) is 21.3 Å². The van der Waals surface area contributed by atoms with E-state index < -0.39 is 11.8 Å². The summed E-state index contributed by atoms with van der Waals surface area (Å²) in [6.07, 6.45) is 7.37. The maximum Gasteiger partial charge on any atom is 0.335 e. The highest BCUT2D eigenvalue weighted by molar-refractivity contribution is 6.30. The number of benzene rings is 2. The number of hydrogen-bond donors (Lipinski definition) is 2. The van der Waals surface area contributed by atoms with Crippen LogP contribution in [0.2, 0.25) is 5.02 Å². The van der Waals surface area contributed by atoms with Crippen LogP contribution in [0.1, 0.15) is 53.2 Å². The smallest absolute Gasteiger partial charge is 0.335 e. The summed E-state index contributed by atoms with van der Waals surface area (Å²) in [4.78, 5) is 23.3. The lowest BCUT2D eigenvalue weighted by Crippen LogP contribution is -2.35. The van der Waals surface area contributed by atoms with Crippen molar-refractivity contribution in [3.63, 3.8) is 0 Å². The van der Waals surface area contributed by atoms with E-state index in [9.17, 15) is 14.3 Å². The highest BCUT2D eigenvalue weighted by Crippen LogP contribution is 2.27. The second kappa shape index (κ2) is 12.9.